The zero-order chi connectivity index (χ0) is 10.9. The minimum Gasteiger partial charge on any atom is -0.469 e. The van der Waals surface area contributed by atoms with Crippen molar-refractivity contribution in [3.8, 4) is 0 Å². The van der Waals surface area contributed by atoms with Gasteiger partial charge in [-0.05, 0) is 24.0 Å². The zero-order valence-electron chi connectivity index (χ0n) is 9.23. The van der Waals surface area contributed by atoms with E-state index in [1.807, 2.05) is 24.3 Å². The van der Waals surface area contributed by atoms with Crippen LogP contribution < -0.4 is 5.73 Å². The summed E-state index contributed by atoms with van der Waals surface area (Å²) < 4.78 is 4.60. The molecule has 0 amide bonds. The molecule has 1 aromatic rings. The van der Waals surface area contributed by atoms with Gasteiger partial charge < -0.3 is 10.5 Å². The van der Waals surface area contributed by atoms with Crippen LogP contribution in [0.15, 0.2) is 24.3 Å². The average molecular weight is 242 g/mol. The monoisotopic (exact) mass is 241 g/mol. The molecule has 4 heteroatoms. The molecule has 0 aliphatic heterocycles. The summed E-state index contributed by atoms with van der Waals surface area (Å²) >= 11 is 0. The topological polar surface area (TPSA) is 52.3 Å². The highest BCUT2D eigenvalue weighted by atomic mass is 35.5. The highest BCUT2D eigenvalue weighted by molar-refractivity contribution is 5.85. The smallest absolute Gasteiger partial charge is 0.309 e. The molecular weight excluding hydrogens is 226 g/mol. The van der Waals surface area contributed by atoms with E-state index in [1.165, 1.54) is 7.11 Å². The predicted octanol–water partition coefficient (Wildman–Crippen LogP) is 1.77. The van der Waals surface area contributed by atoms with Crippen molar-refractivity contribution in [2.75, 3.05) is 7.11 Å². The van der Waals surface area contributed by atoms with Gasteiger partial charge in [0.25, 0.3) is 0 Å². The van der Waals surface area contributed by atoms with Crippen molar-refractivity contribution in [1.82, 2.24) is 0 Å². The van der Waals surface area contributed by atoms with E-state index in [2.05, 4.69) is 4.74 Å². The molecule has 16 heavy (non-hydrogen) atoms. The molecule has 1 aliphatic rings. The van der Waals surface area contributed by atoms with E-state index in [0.717, 1.165) is 24.0 Å². The van der Waals surface area contributed by atoms with E-state index < -0.39 is 0 Å². The second kappa shape index (κ2) is 4.85. The first-order valence-corrected chi connectivity index (χ1v) is 5.09. The van der Waals surface area contributed by atoms with Gasteiger partial charge in [-0.3, -0.25) is 4.79 Å². The minimum absolute atomic E-state index is 0. The summed E-state index contributed by atoms with van der Waals surface area (Å²) in [6.45, 7) is 0. The number of methoxy groups -OCH3 is 1. The van der Waals surface area contributed by atoms with Crippen LogP contribution in [0.25, 0.3) is 0 Å². The number of rotatable bonds is 3. The third-order valence-corrected chi connectivity index (χ3v) is 2.89. The summed E-state index contributed by atoms with van der Waals surface area (Å²) in [5.41, 5.74) is 8.09. The molecule has 0 saturated heterocycles. The Morgan fingerprint density at radius 3 is 2.38 bits per heavy atom. The van der Waals surface area contributed by atoms with Crippen LogP contribution in [0.2, 0.25) is 0 Å². The van der Waals surface area contributed by atoms with Gasteiger partial charge >= 0.3 is 5.97 Å². The van der Waals surface area contributed by atoms with Gasteiger partial charge in [0.15, 0.2) is 0 Å². The number of carbonyl (C=O) groups is 1. The van der Waals surface area contributed by atoms with E-state index in [-0.39, 0.29) is 23.9 Å². The maximum absolute atomic E-state index is 11.0. The number of carbonyl (C=O) groups excluding carboxylic acids is 1. The molecule has 1 fully saturated rings. The number of benzene rings is 1. The van der Waals surface area contributed by atoms with Crippen LogP contribution in [0.4, 0.5) is 0 Å². The van der Waals surface area contributed by atoms with Crippen LogP contribution in [0, 0.1) is 0 Å². The van der Waals surface area contributed by atoms with Gasteiger partial charge in [-0.15, -0.1) is 12.4 Å². The number of hydrogen-bond acceptors (Lipinski definition) is 3. The molecule has 0 spiro atoms. The lowest BCUT2D eigenvalue weighted by Crippen LogP contribution is -2.18. The molecule has 0 atom stereocenters. The fourth-order valence-corrected chi connectivity index (χ4v) is 1.62. The highest BCUT2D eigenvalue weighted by Crippen LogP contribution is 2.42. The summed E-state index contributed by atoms with van der Waals surface area (Å²) in [7, 11) is 1.40. The molecule has 2 rings (SSSR count). The van der Waals surface area contributed by atoms with Crippen molar-refractivity contribution in [3.63, 3.8) is 0 Å². The van der Waals surface area contributed by atoms with Gasteiger partial charge in [0.2, 0.25) is 0 Å². The first-order chi connectivity index (χ1) is 7.14. The normalized spacial score (nSPS) is 16.1. The molecule has 0 bridgehead atoms. The lowest BCUT2D eigenvalue weighted by atomic mass is 10.0. The van der Waals surface area contributed by atoms with E-state index in [9.17, 15) is 4.79 Å². The molecule has 88 valence electrons. The fraction of sp³-hybridized carbons (Fsp3) is 0.417. The van der Waals surface area contributed by atoms with Crippen molar-refractivity contribution < 1.29 is 9.53 Å². The van der Waals surface area contributed by atoms with Crippen LogP contribution in [0.1, 0.15) is 24.0 Å². The Balaban J connectivity index is 0.00000128. The Kier molecular flexibility index (Phi) is 3.94. The Morgan fingerprint density at radius 2 is 1.94 bits per heavy atom. The molecule has 3 nitrogen and oxygen atoms in total. The molecule has 0 heterocycles. The molecule has 2 N–H and O–H groups in total. The Bertz CT molecular complexity index is 371. The van der Waals surface area contributed by atoms with Gasteiger partial charge in [-0.25, -0.2) is 0 Å². The fourth-order valence-electron chi connectivity index (χ4n) is 1.62. The average Bonchev–Trinajstić information content (AvgIpc) is 2.98. The Labute approximate surface area is 101 Å². The summed E-state index contributed by atoms with van der Waals surface area (Å²) in [5.74, 6) is -0.211. The lowest BCUT2D eigenvalue weighted by molar-refractivity contribution is -0.139. The van der Waals surface area contributed by atoms with Crippen LogP contribution in [-0.2, 0) is 21.5 Å². The third kappa shape index (κ3) is 2.74. The number of esters is 1. The number of ether oxygens (including phenoxy) is 1. The van der Waals surface area contributed by atoms with E-state index in [0.29, 0.717) is 6.42 Å². The molecule has 1 saturated carbocycles. The molecule has 0 radical (unpaired) electrons. The quantitative estimate of drug-likeness (QED) is 0.821. The van der Waals surface area contributed by atoms with Crippen molar-refractivity contribution >= 4 is 18.4 Å². The van der Waals surface area contributed by atoms with Crippen molar-refractivity contribution in [2.45, 2.75) is 24.8 Å². The van der Waals surface area contributed by atoms with Crippen LogP contribution >= 0.6 is 12.4 Å². The summed E-state index contributed by atoms with van der Waals surface area (Å²) in [6.07, 6.45) is 2.45. The van der Waals surface area contributed by atoms with E-state index in [1.54, 1.807) is 0 Å². The van der Waals surface area contributed by atoms with E-state index in [4.69, 9.17) is 5.73 Å². The second-order valence-corrected chi connectivity index (χ2v) is 4.11. The summed E-state index contributed by atoms with van der Waals surface area (Å²) in [6, 6.07) is 7.90. The largest absolute Gasteiger partial charge is 0.469 e. The molecule has 0 aromatic heterocycles. The third-order valence-electron chi connectivity index (χ3n) is 2.89. The lowest BCUT2D eigenvalue weighted by Gasteiger charge is -2.09. The van der Waals surface area contributed by atoms with Gasteiger partial charge in [-0.1, -0.05) is 24.3 Å². The maximum atomic E-state index is 11.0. The summed E-state index contributed by atoms with van der Waals surface area (Å²) in [4.78, 5) is 11.0. The zero-order valence-corrected chi connectivity index (χ0v) is 10.0. The van der Waals surface area contributed by atoms with Crippen molar-refractivity contribution in [2.24, 2.45) is 5.73 Å². The molecule has 1 aliphatic carbocycles. The number of halogens is 1. The molecular formula is C12H16ClNO2. The van der Waals surface area contributed by atoms with Gasteiger partial charge in [0, 0.05) is 5.54 Å². The standard InChI is InChI=1S/C12H15NO2.ClH/c1-15-11(14)8-9-2-4-10(5-3-9)12(13)6-7-12;/h2-5H,6-8,13H2,1H3;1H. The second-order valence-electron chi connectivity index (χ2n) is 4.11. The Hall–Kier alpha value is -1.06. The molecule has 0 unspecified atom stereocenters. The maximum Gasteiger partial charge on any atom is 0.309 e. The highest BCUT2D eigenvalue weighted by Gasteiger charge is 2.39. The van der Waals surface area contributed by atoms with Crippen molar-refractivity contribution in [3.05, 3.63) is 35.4 Å². The van der Waals surface area contributed by atoms with Gasteiger partial charge in [0.1, 0.15) is 0 Å². The summed E-state index contributed by atoms with van der Waals surface area (Å²) in [5, 5.41) is 0. The van der Waals surface area contributed by atoms with Crippen molar-refractivity contribution in [1.29, 1.82) is 0 Å². The first-order valence-electron chi connectivity index (χ1n) is 5.09. The van der Waals surface area contributed by atoms with Crippen LogP contribution in [0.3, 0.4) is 0 Å². The van der Waals surface area contributed by atoms with Gasteiger partial charge in [0.05, 0.1) is 13.5 Å². The Morgan fingerprint density at radius 1 is 1.38 bits per heavy atom. The van der Waals surface area contributed by atoms with E-state index >= 15 is 0 Å². The predicted molar refractivity (Wildman–Crippen MR) is 64.5 cm³/mol. The minimum atomic E-state index is -0.211. The SMILES string of the molecule is COC(=O)Cc1ccc(C2(N)CC2)cc1.Cl. The first kappa shape index (κ1) is 13.0. The van der Waals surface area contributed by atoms with Crippen LogP contribution in [0.5, 0.6) is 0 Å². The van der Waals surface area contributed by atoms with Gasteiger partial charge in [-0.2, -0.15) is 0 Å². The molecule has 1 aromatic carbocycles. The number of hydrogen-bond donors (Lipinski definition) is 1. The number of nitrogens with two attached hydrogens (primary N) is 1. The van der Waals surface area contributed by atoms with Crippen LogP contribution in [-0.4, -0.2) is 13.1 Å².